The lowest BCUT2D eigenvalue weighted by molar-refractivity contribution is -0.136. The van der Waals surface area contributed by atoms with Crippen molar-refractivity contribution >= 4 is 46.3 Å². The summed E-state index contributed by atoms with van der Waals surface area (Å²) >= 11 is 5.59. The van der Waals surface area contributed by atoms with E-state index in [1.807, 2.05) is 6.07 Å². The van der Waals surface area contributed by atoms with E-state index in [9.17, 15) is 9.59 Å². The smallest absolute Gasteiger partial charge is 0.307 e. The number of carboxylic acid groups (broad SMARTS) is 1. The normalized spacial score (nSPS) is 10.6. The lowest BCUT2D eigenvalue weighted by Gasteiger charge is -2.03. The van der Waals surface area contributed by atoms with Crippen LogP contribution in [-0.2, 0) is 11.2 Å². The van der Waals surface area contributed by atoms with Gasteiger partial charge in [0, 0.05) is 9.60 Å². The Kier molecular flexibility index (Phi) is 2.98. The van der Waals surface area contributed by atoms with E-state index in [1.54, 1.807) is 12.1 Å². The molecule has 3 nitrogen and oxygen atoms in total. The van der Waals surface area contributed by atoms with Gasteiger partial charge in [-0.2, -0.15) is 0 Å². The summed E-state index contributed by atoms with van der Waals surface area (Å²) < 4.78 is 0.913. The number of hydrogen-bond acceptors (Lipinski definition) is 4. The molecule has 1 aromatic heterocycles. The second-order valence-corrected chi connectivity index (χ2v) is 4.91. The molecule has 0 saturated heterocycles. The number of fused-ring (bicyclic) bond motifs is 1. The van der Waals surface area contributed by atoms with Crippen LogP contribution in [0, 0.1) is 0 Å². The zero-order valence-corrected chi connectivity index (χ0v) is 9.85. The fourth-order valence-corrected chi connectivity index (χ4v) is 2.75. The van der Waals surface area contributed by atoms with Crippen LogP contribution < -0.4 is 0 Å². The van der Waals surface area contributed by atoms with Crippen molar-refractivity contribution < 1.29 is 14.7 Å². The van der Waals surface area contributed by atoms with E-state index in [0.29, 0.717) is 15.3 Å². The molecular weight excluding hydrogens is 244 g/mol. The monoisotopic (exact) mass is 252 g/mol. The molecule has 0 aliphatic carbocycles. The molecule has 0 fully saturated rings. The molecular formula is C11H8O3S2. The first kappa shape index (κ1) is 11.2. The number of thiol groups is 1. The van der Waals surface area contributed by atoms with Gasteiger partial charge in [-0.05, 0) is 29.1 Å². The van der Waals surface area contributed by atoms with Gasteiger partial charge >= 0.3 is 5.97 Å². The highest BCUT2D eigenvalue weighted by Crippen LogP contribution is 2.31. The molecule has 16 heavy (non-hydrogen) atoms. The largest absolute Gasteiger partial charge is 0.481 e. The molecule has 1 aromatic carbocycles. The van der Waals surface area contributed by atoms with Crippen molar-refractivity contribution in [1.82, 2.24) is 0 Å². The molecule has 0 aliphatic heterocycles. The average Bonchev–Trinajstić information content (AvgIpc) is 2.65. The summed E-state index contributed by atoms with van der Waals surface area (Å²) in [5, 5.41) is 9.62. The molecule has 0 amide bonds. The van der Waals surface area contributed by atoms with Crippen molar-refractivity contribution in [2.45, 2.75) is 11.3 Å². The Balaban J connectivity index is 2.67. The minimum absolute atomic E-state index is 0.0782. The van der Waals surface area contributed by atoms with Gasteiger partial charge in [-0.3, -0.25) is 9.59 Å². The van der Waals surface area contributed by atoms with Crippen LogP contribution in [0.4, 0.5) is 0 Å². The maximum Gasteiger partial charge on any atom is 0.307 e. The molecule has 2 rings (SSSR count). The van der Waals surface area contributed by atoms with Gasteiger partial charge < -0.3 is 5.11 Å². The van der Waals surface area contributed by atoms with Crippen molar-refractivity contribution in [3.8, 4) is 0 Å². The minimum atomic E-state index is -0.901. The van der Waals surface area contributed by atoms with Crippen molar-refractivity contribution in [1.29, 1.82) is 0 Å². The summed E-state index contributed by atoms with van der Waals surface area (Å²) in [6.45, 7) is 0. The molecule has 0 atom stereocenters. The molecule has 5 heteroatoms. The molecule has 0 unspecified atom stereocenters. The van der Waals surface area contributed by atoms with Crippen LogP contribution in [-0.4, -0.2) is 17.4 Å². The third kappa shape index (κ3) is 1.96. The number of aliphatic carboxylic acids is 1. The van der Waals surface area contributed by atoms with Gasteiger partial charge in [-0.1, -0.05) is 0 Å². The first-order valence-corrected chi connectivity index (χ1v) is 5.79. The maximum absolute atomic E-state index is 10.7. The predicted octanol–water partition coefficient (Wildman–Crippen LogP) is 2.63. The standard InChI is InChI=1S/C11H8O3S2/c12-5-6-3-8-7(4-11(13)14)9(15)1-2-10(8)16-6/h1-3,5,15H,4H2,(H,13,14). The van der Waals surface area contributed by atoms with Crippen LogP contribution in [0.15, 0.2) is 23.1 Å². The second-order valence-electron chi connectivity index (χ2n) is 3.31. The lowest BCUT2D eigenvalue weighted by atomic mass is 10.1. The minimum Gasteiger partial charge on any atom is -0.481 e. The van der Waals surface area contributed by atoms with Crippen LogP contribution in [0.2, 0.25) is 0 Å². The van der Waals surface area contributed by atoms with E-state index in [-0.39, 0.29) is 6.42 Å². The Bertz CT molecular complexity index is 572. The molecule has 1 heterocycles. The summed E-state index contributed by atoms with van der Waals surface area (Å²) in [5.41, 5.74) is 0.665. The van der Waals surface area contributed by atoms with Gasteiger partial charge in [-0.15, -0.1) is 24.0 Å². The predicted molar refractivity (Wildman–Crippen MR) is 65.8 cm³/mol. The summed E-state index contributed by atoms with van der Waals surface area (Å²) in [7, 11) is 0. The number of carbonyl (C=O) groups excluding carboxylic acids is 1. The molecule has 0 spiro atoms. The fourth-order valence-electron chi connectivity index (χ4n) is 1.57. The maximum atomic E-state index is 10.7. The molecule has 0 saturated carbocycles. The Labute approximate surface area is 101 Å². The van der Waals surface area contributed by atoms with E-state index in [0.717, 1.165) is 16.4 Å². The number of carbonyl (C=O) groups is 2. The number of hydrogen-bond donors (Lipinski definition) is 2. The third-order valence-corrected chi connectivity index (χ3v) is 3.70. The van der Waals surface area contributed by atoms with E-state index in [4.69, 9.17) is 5.11 Å². The zero-order chi connectivity index (χ0) is 11.7. The number of carboxylic acids is 1. The highest BCUT2D eigenvalue weighted by atomic mass is 32.1. The summed E-state index contributed by atoms with van der Waals surface area (Å²) in [6.07, 6.45) is 0.693. The molecule has 82 valence electrons. The van der Waals surface area contributed by atoms with Crippen molar-refractivity contribution in [2.24, 2.45) is 0 Å². The molecule has 0 bridgehead atoms. The van der Waals surface area contributed by atoms with E-state index in [1.165, 1.54) is 11.3 Å². The highest BCUT2D eigenvalue weighted by molar-refractivity contribution is 7.80. The van der Waals surface area contributed by atoms with Gasteiger partial charge in [0.15, 0.2) is 6.29 Å². The summed E-state index contributed by atoms with van der Waals surface area (Å²) in [6, 6.07) is 5.32. The third-order valence-electron chi connectivity index (χ3n) is 2.25. The Hall–Kier alpha value is -1.33. The van der Waals surface area contributed by atoms with Crippen LogP contribution in [0.3, 0.4) is 0 Å². The summed E-state index contributed by atoms with van der Waals surface area (Å²) in [4.78, 5) is 22.7. The molecule has 0 aliphatic rings. The summed E-state index contributed by atoms with van der Waals surface area (Å²) in [5.74, 6) is -0.901. The first-order valence-electron chi connectivity index (χ1n) is 4.53. The van der Waals surface area contributed by atoms with Gasteiger partial charge in [0.25, 0.3) is 0 Å². The van der Waals surface area contributed by atoms with Gasteiger partial charge in [0.05, 0.1) is 11.3 Å². The lowest BCUT2D eigenvalue weighted by Crippen LogP contribution is -2.01. The van der Waals surface area contributed by atoms with Crippen molar-refractivity contribution in [3.05, 3.63) is 28.6 Å². The van der Waals surface area contributed by atoms with Gasteiger partial charge in [0.2, 0.25) is 0 Å². The van der Waals surface area contributed by atoms with Crippen LogP contribution in [0.1, 0.15) is 15.2 Å². The van der Waals surface area contributed by atoms with E-state index < -0.39 is 5.97 Å². The molecule has 1 N–H and O–H groups in total. The van der Waals surface area contributed by atoms with Crippen LogP contribution >= 0.6 is 24.0 Å². The van der Waals surface area contributed by atoms with Crippen molar-refractivity contribution in [2.75, 3.05) is 0 Å². The SMILES string of the molecule is O=Cc1cc2c(CC(=O)O)c(S)ccc2s1. The first-order chi connectivity index (χ1) is 7.61. The van der Waals surface area contributed by atoms with E-state index >= 15 is 0 Å². The van der Waals surface area contributed by atoms with Gasteiger partial charge in [0.1, 0.15) is 0 Å². The van der Waals surface area contributed by atoms with Crippen LogP contribution in [0.5, 0.6) is 0 Å². The number of rotatable bonds is 3. The number of aldehydes is 1. The Morgan fingerprint density at radius 1 is 1.50 bits per heavy atom. The molecule has 0 radical (unpaired) electrons. The number of benzene rings is 1. The van der Waals surface area contributed by atoms with Gasteiger partial charge in [-0.25, -0.2) is 0 Å². The zero-order valence-electron chi connectivity index (χ0n) is 8.14. The Morgan fingerprint density at radius 2 is 2.25 bits per heavy atom. The van der Waals surface area contributed by atoms with Crippen LogP contribution in [0.25, 0.3) is 10.1 Å². The fraction of sp³-hybridized carbons (Fsp3) is 0.0909. The molecule has 2 aromatic rings. The number of thiophene rings is 1. The van der Waals surface area contributed by atoms with E-state index in [2.05, 4.69) is 12.6 Å². The Morgan fingerprint density at radius 3 is 2.88 bits per heavy atom. The highest BCUT2D eigenvalue weighted by Gasteiger charge is 2.11. The van der Waals surface area contributed by atoms with Crippen molar-refractivity contribution in [3.63, 3.8) is 0 Å². The second kappa shape index (κ2) is 4.27. The topological polar surface area (TPSA) is 54.4 Å². The average molecular weight is 252 g/mol. The quantitative estimate of drug-likeness (QED) is 0.652.